The lowest BCUT2D eigenvalue weighted by Gasteiger charge is -2.28. The van der Waals surface area contributed by atoms with Gasteiger partial charge >= 0.3 is 6.09 Å². The lowest BCUT2D eigenvalue weighted by molar-refractivity contribution is 0.0224. The summed E-state index contributed by atoms with van der Waals surface area (Å²) in [6.45, 7) is 6.64. The molecule has 0 aromatic carbocycles. The van der Waals surface area contributed by atoms with Crippen molar-refractivity contribution in [3.05, 3.63) is 23.8 Å². The summed E-state index contributed by atoms with van der Waals surface area (Å²) in [5, 5.41) is 0. The van der Waals surface area contributed by atoms with Gasteiger partial charge in [0.1, 0.15) is 11.4 Å². The molecule has 7 heteroatoms. The van der Waals surface area contributed by atoms with Crippen LogP contribution in [0.3, 0.4) is 0 Å². The summed E-state index contributed by atoms with van der Waals surface area (Å²) in [4.78, 5) is 22.4. The SMILES string of the molecule is CC(C)(C)OC(=O)N1CCCC1c1cnc(CN)nc1.Cl. The fourth-order valence-electron chi connectivity index (χ4n) is 2.29. The first kappa shape index (κ1) is 17.7. The minimum absolute atomic E-state index is 0. The van der Waals surface area contributed by atoms with Gasteiger partial charge < -0.3 is 15.4 Å². The van der Waals surface area contributed by atoms with Gasteiger partial charge in [-0.3, -0.25) is 0 Å². The molecule has 6 nitrogen and oxygen atoms in total. The molecule has 1 unspecified atom stereocenters. The second kappa shape index (κ2) is 7.04. The van der Waals surface area contributed by atoms with Crippen LogP contribution in [0.4, 0.5) is 4.79 Å². The van der Waals surface area contributed by atoms with E-state index in [1.165, 1.54) is 0 Å². The molecule has 2 rings (SSSR count). The Balaban J connectivity index is 0.00000220. The highest BCUT2D eigenvalue weighted by molar-refractivity contribution is 5.85. The lowest BCUT2D eigenvalue weighted by atomic mass is 10.1. The normalized spacial score (nSPS) is 18.3. The number of amides is 1. The van der Waals surface area contributed by atoms with E-state index in [1.54, 1.807) is 17.3 Å². The van der Waals surface area contributed by atoms with Crippen molar-refractivity contribution in [3.63, 3.8) is 0 Å². The molecule has 1 saturated heterocycles. The molecule has 1 aliphatic rings. The largest absolute Gasteiger partial charge is 0.444 e. The molecule has 1 atom stereocenters. The maximum atomic E-state index is 12.2. The summed E-state index contributed by atoms with van der Waals surface area (Å²) < 4.78 is 5.44. The Kier molecular flexibility index (Phi) is 5.92. The van der Waals surface area contributed by atoms with Gasteiger partial charge in [0.25, 0.3) is 0 Å². The Morgan fingerprint density at radius 3 is 2.57 bits per heavy atom. The van der Waals surface area contributed by atoms with Gasteiger partial charge in [0, 0.05) is 24.5 Å². The van der Waals surface area contributed by atoms with Crippen LogP contribution in [0.2, 0.25) is 0 Å². The number of hydrogen-bond donors (Lipinski definition) is 1. The van der Waals surface area contributed by atoms with Crippen LogP contribution in [-0.4, -0.2) is 33.1 Å². The van der Waals surface area contributed by atoms with Crippen molar-refractivity contribution >= 4 is 18.5 Å². The summed E-state index contributed by atoms with van der Waals surface area (Å²) in [5.74, 6) is 0.607. The molecule has 0 spiro atoms. The highest BCUT2D eigenvalue weighted by Crippen LogP contribution is 2.32. The van der Waals surface area contributed by atoms with Crippen molar-refractivity contribution in [2.24, 2.45) is 5.73 Å². The monoisotopic (exact) mass is 314 g/mol. The topological polar surface area (TPSA) is 81.3 Å². The number of hydrogen-bond acceptors (Lipinski definition) is 5. The Labute approximate surface area is 131 Å². The third-order valence-electron chi connectivity index (χ3n) is 3.17. The summed E-state index contributed by atoms with van der Waals surface area (Å²) in [7, 11) is 0. The number of rotatable bonds is 2. The van der Waals surface area contributed by atoms with E-state index in [0.717, 1.165) is 18.4 Å². The Hall–Kier alpha value is -1.40. The zero-order valence-corrected chi connectivity index (χ0v) is 13.5. The van der Waals surface area contributed by atoms with E-state index in [0.29, 0.717) is 18.9 Å². The zero-order valence-electron chi connectivity index (χ0n) is 12.7. The number of carbonyl (C=O) groups is 1. The van der Waals surface area contributed by atoms with Crippen LogP contribution in [0.1, 0.15) is 51.0 Å². The number of carbonyl (C=O) groups excluding carboxylic acids is 1. The van der Waals surface area contributed by atoms with Crippen LogP contribution < -0.4 is 5.73 Å². The molecule has 0 saturated carbocycles. The van der Waals surface area contributed by atoms with Crippen molar-refractivity contribution in [2.75, 3.05) is 6.54 Å². The standard InChI is InChI=1S/C14H22N4O2.ClH/c1-14(2,3)20-13(19)18-6-4-5-11(18)10-8-16-12(7-15)17-9-10;/h8-9,11H,4-7,15H2,1-3H3;1H. The minimum Gasteiger partial charge on any atom is -0.444 e. The highest BCUT2D eigenvalue weighted by atomic mass is 35.5. The average Bonchev–Trinajstić information content (AvgIpc) is 2.86. The molecule has 1 amide bonds. The molecule has 0 radical (unpaired) electrons. The molecule has 1 aliphatic heterocycles. The van der Waals surface area contributed by atoms with Crippen molar-refractivity contribution < 1.29 is 9.53 Å². The molecule has 2 heterocycles. The van der Waals surface area contributed by atoms with Crippen molar-refractivity contribution in [1.82, 2.24) is 14.9 Å². The fourth-order valence-corrected chi connectivity index (χ4v) is 2.29. The molecule has 0 bridgehead atoms. The molecule has 1 aromatic rings. The van der Waals surface area contributed by atoms with Gasteiger partial charge in [-0.15, -0.1) is 12.4 Å². The van der Waals surface area contributed by atoms with Crippen LogP contribution in [0.5, 0.6) is 0 Å². The first-order valence-corrected chi connectivity index (χ1v) is 6.91. The lowest BCUT2D eigenvalue weighted by Crippen LogP contribution is -2.36. The van der Waals surface area contributed by atoms with Gasteiger partial charge in [-0.05, 0) is 33.6 Å². The van der Waals surface area contributed by atoms with Gasteiger partial charge in [0.15, 0.2) is 0 Å². The number of nitrogens with two attached hydrogens (primary N) is 1. The van der Waals surface area contributed by atoms with E-state index in [2.05, 4.69) is 9.97 Å². The second-order valence-corrected chi connectivity index (χ2v) is 5.97. The number of ether oxygens (including phenoxy) is 1. The van der Waals surface area contributed by atoms with Crippen LogP contribution in [-0.2, 0) is 11.3 Å². The Bertz CT molecular complexity index is 473. The van der Waals surface area contributed by atoms with Gasteiger partial charge in [-0.25, -0.2) is 14.8 Å². The van der Waals surface area contributed by atoms with Crippen LogP contribution in [0, 0.1) is 0 Å². The quantitative estimate of drug-likeness (QED) is 0.906. The highest BCUT2D eigenvalue weighted by Gasteiger charge is 2.33. The molecule has 118 valence electrons. The Morgan fingerprint density at radius 1 is 1.43 bits per heavy atom. The summed E-state index contributed by atoms with van der Waals surface area (Å²) >= 11 is 0. The fraction of sp³-hybridized carbons (Fsp3) is 0.643. The van der Waals surface area contributed by atoms with Crippen molar-refractivity contribution in [3.8, 4) is 0 Å². The molecule has 1 aromatic heterocycles. The van der Waals surface area contributed by atoms with Crippen molar-refractivity contribution in [1.29, 1.82) is 0 Å². The summed E-state index contributed by atoms with van der Waals surface area (Å²) in [5.41, 5.74) is 5.94. The molecule has 2 N–H and O–H groups in total. The third-order valence-corrected chi connectivity index (χ3v) is 3.17. The molecular weight excluding hydrogens is 292 g/mol. The summed E-state index contributed by atoms with van der Waals surface area (Å²) in [6.07, 6.45) is 5.10. The predicted octanol–water partition coefficient (Wildman–Crippen LogP) is 2.43. The smallest absolute Gasteiger partial charge is 0.410 e. The maximum Gasteiger partial charge on any atom is 0.410 e. The minimum atomic E-state index is -0.482. The van der Waals surface area contributed by atoms with Gasteiger partial charge in [-0.1, -0.05) is 0 Å². The van der Waals surface area contributed by atoms with Gasteiger partial charge in [0.2, 0.25) is 0 Å². The number of likely N-dealkylation sites (tertiary alicyclic amines) is 1. The van der Waals surface area contributed by atoms with E-state index >= 15 is 0 Å². The van der Waals surface area contributed by atoms with E-state index in [-0.39, 0.29) is 24.5 Å². The number of halogens is 1. The van der Waals surface area contributed by atoms with Gasteiger partial charge in [0.05, 0.1) is 12.6 Å². The predicted molar refractivity (Wildman–Crippen MR) is 82.1 cm³/mol. The molecule has 1 fully saturated rings. The first-order chi connectivity index (χ1) is 9.40. The van der Waals surface area contributed by atoms with E-state index in [4.69, 9.17) is 10.5 Å². The second-order valence-electron chi connectivity index (χ2n) is 5.97. The van der Waals surface area contributed by atoms with E-state index < -0.39 is 5.60 Å². The Morgan fingerprint density at radius 2 is 2.05 bits per heavy atom. The van der Waals surface area contributed by atoms with Crippen LogP contribution in [0.15, 0.2) is 12.4 Å². The van der Waals surface area contributed by atoms with Crippen molar-refractivity contribution in [2.45, 2.75) is 51.8 Å². The average molecular weight is 315 g/mol. The van der Waals surface area contributed by atoms with E-state index in [9.17, 15) is 4.79 Å². The number of aromatic nitrogens is 2. The maximum absolute atomic E-state index is 12.2. The summed E-state index contributed by atoms with van der Waals surface area (Å²) in [6, 6.07) is -0.00308. The van der Waals surface area contributed by atoms with Crippen LogP contribution >= 0.6 is 12.4 Å². The molecular formula is C14H23ClN4O2. The third kappa shape index (κ3) is 4.54. The first-order valence-electron chi connectivity index (χ1n) is 6.91. The van der Waals surface area contributed by atoms with Gasteiger partial charge in [-0.2, -0.15) is 0 Å². The molecule has 0 aliphatic carbocycles. The number of nitrogens with zero attached hydrogens (tertiary/aromatic N) is 3. The molecule has 21 heavy (non-hydrogen) atoms. The van der Waals surface area contributed by atoms with E-state index in [1.807, 2.05) is 20.8 Å². The zero-order chi connectivity index (χ0) is 14.8. The van der Waals surface area contributed by atoms with Crippen LogP contribution in [0.25, 0.3) is 0 Å².